The Morgan fingerprint density at radius 2 is 1.84 bits per heavy atom. The average Bonchev–Trinajstić information content (AvgIpc) is 3.48. The first-order valence-electron chi connectivity index (χ1n) is 15.3. The zero-order valence-electron chi connectivity index (χ0n) is 26.7. The number of hydrogen-bond donors (Lipinski definition) is 2. The van der Waals surface area contributed by atoms with Crippen LogP contribution in [0.5, 0.6) is 5.75 Å². The fourth-order valence-corrected chi connectivity index (χ4v) is 6.06. The Kier molecular flexibility index (Phi) is 9.10. The smallest absolute Gasteiger partial charge is 0.416 e. The zero-order valence-corrected chi connectivity index (χ0v) is 27.4. The number of aryl methyl sites for hydroxylation is 1. The number of halogens is 4. The molecule has 2 aliphatic heterocycles. The molecule has 2 aliphatic rings. The van der Waals surface area contributed by atoms with Crippen LogP contribution < -0.4 is 20.7 Å². The zero-order chi connectivity index (χ0) is 35.2. The van der Waals surface area contributed by atoms with Gasteiger partial charge in [0.1, 0.15) is 18.6 Å². The highest BCUT2D eigenvalue weighted by Crippen LogP contribution is 2.34. The number of aromatic hydroxyl groups is 1. The minimum absolute atomic E-state index is 0.0194. The Balaban J connectivity index is 1.33. The fraction of sp³-hybridized carbons (Fsp3) is 0.433. The van der Waals surface area contributed by atoms with Gasteiger partial charge >= 0.3 is 6.18 Å². The van der Waals surface area contributed by atoms with E-state index in [4.69, 9.17) is 16.3 Å². The number of carbonyl (C=O) groups is 2. The highest BCUT2D eigenvalue weighted by molar-refractivity contribution is 6.33. The van der Waals surface area contributed by atoms with Gasteiger partial charge in [0.2, 0.25) is 17.6 Å². The van der Waals surface area contributed by atoms with Crippen LogP contribution in [0.25, 0.3) is 5.78 Å². The van der Waals surface area contributed by atoms with Crippen LogP contribution in [0.3, 0.4) is 0 Å². The lowest BCUT2D eigenvalue weighted by Gasteiger charge is -2.37. The van der Waals surface area contributed by atoms with Gasteiger partial charge in [0.25, 0.3) is 11.5 Å². The second-order valence-electron chi connectivity index (χ2n) is 11.6. The number of aromatic nitrogens is 6. The molecule has 1 aromatic carbocycles. The largest absolute Gasteiger partial charge is 0.504 e. The molecular weight excluding hydrogens is 673 g/mol. The van der Waals surface area contributed by atoms with Gasteiger partial charge < -0.3 is 34.4 Å². The Hall–Kier alpha value is -4.97. The quantitative estimate of drug-likeness (QED) is 0.277. The van der Waals surface area contributed by atoms with Crippen LogP contribution in [-0.4, -0.2) is 103 Å². The van der Waals surface area contributed by atoms with Crippen LogP contribution in [-0.2, 0) is 28.7 Å². The number of hydrogen-bond acceptors (Lipinski definition) is 11. The summed E-state index contributed by atoms with van der Waals surface area (Å²) < 4.78 is 47.5. The summed E-state index contributed by atoms with van der Waals surface area (Å²) in [6.07, 6.45) is -3.15. The molecule has 2 amide bonds. The highest BCUT2D eigenvalue weighted by Gasteiger charge is 2.34. The van der Waals surface area contributed by atoms with Gasteiger partial charge in [-0.15, -0.1) is 5.10 Å². The van der Waals surface area contributed by atoms with E-state index in [0.29, 0.717) is 25.2 Å². The van der Waals surface area contributed by atoms with Crippen molar-refractivity contribution in [2.24, 2.45) is 0 Å². The van der Waals surface area contributed by atoms with Gasteiger partial charge in [0.15, 0.2) is 11.4 Å². The number of carbonyl (C=O) groups excluding carboxylic acids is 2. The summed E-state index contributed by atoms with van der Waals surface area (Å²) in [6.45, 7) is 4.87. The Morgan fingerprint density at radius 3 is 2.47 bits per heavy atom. The van der Waals surface area contributed by atoms with Crippen LogP contribution in [0.1, 0.15) is 34.4 Å². The lowest BCUT2D eigenvalue weighted by atomic mass is 10.2. The van der Waals surface area contributed by atoms with E-state index in [2.05, 4.69) is 25.4 Å². The summed E-state index contributed by atoms with van der Waals surface area (Å²) >= 11 is 6.10. The molecule has 4 aromatic rings. The molecule has 0 spiro atoms. The maximum atomic E-state index is 14.1. The number of alkyl halides is 3. The van der Waals surface area contributed by atoms with Gasteiger partial charge in [0.05, 0.1) is 33.8 Å². The lowest BCUT2D eigenvalue weighted by Crippen LogP contribution is -2.52. The third kappa shape index (κ3) is 6.44. The van der Waals surface area contributed by atoms with Crippen molar-refractivity contribution in [1.29, 1.82) is 0 Å². The standard InChI is InChI=1S/C30H32ClF3N10O5/c1-4-21-24(40-7-9-41(10-8-40)26(47)23-25(46)16(2)35-15-36-23)27(48)44-29(38-28(39-44)42-12-18(13-42)49-3)43(21)14-22(45)37-20-6-5-17(11-19(20)31)30(32,33)34/h5-6,11,15,18,46H,4,7-10,12-14H2,1-3H3,(H,37,45). The van der Waals surface area contributed by atoms with Gasteiger partial charge in [-0.05, 0) is 31.5 Å². The number of benzene rings is 1. The predicted octanol–water partition coefficient (Wildman–Crippen LogP) is 2.37. The summed E-state index contributed by atoms with van der Waals surface area (Å²) in [5, 5.41) is 17.1. The average molecular weight is 705 g/mol. The van der Waals surface area contributed by atoms with E-state index < -0.39 is 29.1 Å². The molecule has 0 bridgehead atoms. The molecule has 260 valence electrons. The van der Waals surface area contributed by atoms with Crippen molar-refractivity contribution in [2.45, 2.75) is 39.1 Å². The monoisotopic (exact) mass is 704 g/mol. The van der Waals surface area contributed by atoms with Crippen LogP contribution in [0.4, 0.5) is 30.5 Å². The minimum Gasteiger partial charge on any atom is -0.504 e. The molecule has 2 fully saturated rings. The third-order valence-corrected chi connectivity index (χ3v) is 8.89. The highest BCUT2D eigenvalue weighted by atomic mass is 35.5. The number of ether oxygens (including phenoxy) is 1. The van der Waals surface area contributed by atoms with Crippen molar-refractivity contribution in [3.63, 3.8) is 0 Å². The van der Waals surface area contributed by atoms with E-state index >= 15 is 0 Å². The molecule has 2 N–H and O–H groups in total. The molecule has 0 saturated carbocycles. The molecule has 0 unspecified atom stereocenters. The molecule has 15 nitrogen and oxygen atoms in total. The molecule has 5 heterocycles. The van der Waals surface area contributed by atoms with Gasteiger partial charge in [-0.25, -0.2) is 9.97 Å². The van der Waals surface area contributed by atoms with E-state index in [0.717, 1.165) is 22.7 Å². The molecule has 0 aliphatic carbocycles. The van der Waals surface area contributed by atoms with Crippen LogP contribution in [0.15, 0.2) is 29.3 Å². The van der Waals surface area contributed by atoms with Crippen LogP contribution >= 0.6 is 11.6 Å². The summed E-state index contributed by atoms with van der Waals surface area (Å²) in [7, 11) is 1.59. The first-order valence-corrected chi connectivity index (χ1v) is 15.7. The summed E-state index contributed by atoms with van der Waals surface area (Å²) in [4.78, 5) is 58.3. The first kappa shape index (κ1) is 33.9. The molecular formula is C30H32ClF3N10O5. The number of rotatable bonds is 8. The van der Waals surface area contributed by atoms with Crippen molar-refractivity contribution >= 4 is 46.5 Å². The van der Waals surface area contributed by atoms with E-state index in [1.807, 2.05) is 16.7 Å². The summed E-state index contributed by atoms with van der Waals surface area (Å²) in [5.41, 5.74) is -0.569. The lowest BCUT2D eigenvalue weighted by molar-refractivity contribution is -0.137. The van der Waals surface area contributed by atoms with Crippen molar-refractivity contribution < 1.29 is 32.6 Å². The molecule has 6 rings (SSSR count). The van der Waals surface area contributed by atoms with Crippen LogP contribution in [0.2, 0.25) is 5.02 Å². The second-order valence-corrected chi connectivity index (χ2v) is 12.0. The normalized spacial score (nSPS) is 15.5. The Labute approximate surface area is 281 Å². The predicted molar refractivity (Wildman–Crippen MR) is 171 cm³/mol. The number of methoxy groups -OCH3 is 1. The van der Waals surface area contributed by atoms with Crippen molar-refractivity contribution in [1.82, 2.24) is 34.0 Å². The minimum atomic E-state index is -4.61. The van der Waals surface area contributed by atoms with Gasteiger partial charge in [0, 0.05) is 46.4 Å². The number of nitrogens with zero attached hydrogens (tertiary/aromatic N) is 9. The number of anilines is 3. The molecule has 2 saturated heterocycles. The SMILES string of the molecule is CCc1c(N2CCN(C(=O)c3ncnc(C)c3O)CC2)c(=O)n2nc(N3CC(OC)C3)nc2n1CC(=O)Nc1ccc(C(F)(F)F)cc1Cl. The third-order valence-electron chi connectivity index (χ3n) is 8.58. The number of piperazine rings is 1. The van der Waals surface area contributed by atoms with Crippen LogP contribution in [0, 0.1) is 6.92 Å². The first-order chi connectivity index (χ1) is 23.3. The Bertz CT molecular complexity index is 1990. The summed E-state index contributed by atoms with van der Waals surface area (Å²) in [6, 6.07) is 2.62. The molecule has 19 heteroatoms. The van der Waals surface area contributed by atoms with E-state index in [-0.39, 0.29) is 84.1 Å². The maximum absolute atomic E-state index is 14.1. The van der Waals surface area contributed by atoms with E-state index in [9.17, 15) is 32.7 Å². The van der Waals surface area contributed by atoms with E-state index in [1.54, 1.807) is 18.6 Å². The number of amides is 2. The summed E-state index contributed by atoms with van der Waals surface area (Å²) in [5.74, 6) is -1.04. The topological polar surface area (TPSA) is 163 Å². The molecule has 49 heavy (non-hydrogen) atoms. The molecule has 0 radical (unpaired) electrons. The van der Waals surface area contributed by atoms with Gasteiger partial charge in [-0.3, -0.25) is 14.4 Å². The number of nitrogens with one attached hydrogen (secondary N) is 1. The maximum Gasteiger partial charge on any atom is 0.416 e. The molecule has 3 aromatic heterocycles. The fourth-order valence-electron chi connectivity index (χ4n) is 5.84. The Morgan fingerprint density at radius 1 is 1.12 bits per heavy atom. The van der Waals surface area contributed by atoms with Gasteiger partial charge in [-0.1, -0.05) is 18.5 Å². The van der Waals surface area contributed by atoms with Crippen molar-refractivity contribution in [2.75, 3.05) is 61.5 Å². The van der Waals surface area contributed by atoms with Crippen molar-refractivity contribution in [3.8, 4) is 5.75 Å². The van der Waals surface area contributed by atoms with Crippen molar-refractivity contribution in [3.05, 3.63) is 62.5 Å². The molecule has 0 atom stereocenters. The second kappa shape index (κ2) is 13.1. The van der Waals surface area contributed by atoms with Gasteiger partial charge in [-0.2, -0.15) is 22.7 Å². The number of fused-ring (bicyclic) bond motifs is 1. The van der Waals surface area contributed by atoms with E-state index in [1.165, 1.54) is 11.2 Å².